The molecule has 0 bridgehead atoms. The largest absolute Gasteiger partial charge is 1.00 e. The Morgan fingerprint density at radius 3 is 1.24 bits per heavy atom. The van der Waals surface area contributed by atoms with E-state index in [2.05, 4.69) is 40.3 Å². The van der Waals surface area contributed by atoms with Crippen LogP contribution in [0.4, 0.5) is 143 Å². The number of ketones is 2. The number of urea groups is 2. The molecule has 2 aliphatic rings. The second-order valence-electron chi connectivity index (χ2n) is 25.3. The zero-order chi connectivity index (χ0) is 90.5. The van der Waals surface area contributed by atoms with E-state index >= 15 is 0 Å². The predicted molar refractivity (Wildman–Crippen MR) is 391 cm³/mol. The Kier molecular flexibility index (Phi) is 42.8. The van der Waals surface area contributed by atoms with Crippen LogP contribution in [0.3, 0.4) is 0 Å². The number of hydrogen-bond acceptors (Lipinski definition) is 11. The van der Waals surface area contributed by atoms with Gasteiger partial charge in [-0.1, -0.05) is 143 Å². The number of nitrogens with one attached hydrogen (secondary N) is 4. The van der Waals surface area contributed by atoms with Gasteiger partial charge in [0.25, 0.3) is 17.3 Å². The first-order valence-corrected chi connectivity index (χ1v) is 33.9. The van der Waals surface area contributed by atoms with Crippen molar-refractivity contribution in [3.63, 3.8) is 0 Å². The molecule has 0 saturated carbocycles. The third-order valence-electron chi connectivity index (χ3n) is 14.0. The number of unbranched alkanes of at least 4 members (excludes halogenated alkanes) is 1. The van der Waals surface area contributed by atoms with Gasteiger partial charge < -0.3 is 49.5 Å². The van der Waals surface area contributed by atoms with Gasteiger partial charge in [-0.05, 0) is 110 Å². The van der Waals surface area contributed by atoms with Crippen molar-refractivity contribution in [1.29, 1.82) is 0 Å². The molecule has 48 heteroatoms. The van der Waals surface area contributed by atoms with Crippen molar-refractivity contribution in [2.24, 2.45) is 16.6 Å². The van der Waals surface area contributed by atoms with Crippen molar-refractivity contribution in [1.82, 2.24) is 9.80 Å². The summed E-state index contributed by atoms with van der Waals surface area (Å²) in [5.74, 6) is -6.68. The molecular weight excluding hydrogens is 1770 g/mol. The number of ether oxygens (including phenoxy) is 1. The number of hydrogen-bond donors (Lipinski definition) is 7. The quantitative estimate of drug-likeness (QED) is 0.0179. The maximum Gasteiger partial charge on any atom is 1.00 e. The summed E-state index contributed by atoms with van der Waals surface area (Å²) in [4.78, 5) is 78.2. The van der Waals surface area contributed by atoms with E-state index in [1.54, 1.807) is 45.0 Å². The van der Waals surface area contributed by atoms with Crippen LogP contribution in [-0.2, 0) is 30.4 Å². The third-order valence-corrected chi connectivity index (χ3v) is 15.2. The zero-order valence-corrected chi connectivity index (χ0v) is 66.8. The summed E-state index contributed by atoms with van der Waals surface area (Å²) in [6.07, 6.45) is -37.8. The molecule has 2 unspecified atom stereocenters. The van der Waals surface area contributed by atoms with Gasteiger partial charge in [-0.2, -0.15) is 112 Å². The average molecular weight is 1840 g/mol. The number of Topliss-reactive ketones (excluding diaryl/α,β-unsaturated/α-hetero) is 2. The molecule has 6 amide bonds. The summed E-state index contributed by atoms with van der Waals surface area (Å²) >= 11 is 28.1. The molecule has 0 spiro atoms. The third kappa shape index (κ3) is 34.6. The fourth-order valence-electron chi connectivity index (χ4n) is 8.51. The minimum absolute atomic E-state index is 0. The molecule has 0 aliphatic carbocycles. The molecule has 0 aromatic heterocycles. The standard InChI is InChI=1S/C17H11ClF6N2O.C13H13ClF3NO2.C11H7ClF6N2O2.C11H14ClNO.C8H5ClF3NO.C4H5F3O2.C4H9.C2H4F3N.ClH.Li/c18-11-6-7-13-12(8-11)16(17(22,23)24,10-4-2-1-3-5-10)26(14(27)25-13)9-15(19,20)21;1-12(2,3)11(20)18-9-5-4-7(14)6-8(9)10(19)13(15,16)17;12-5-1-2-7-6(3-5)10(22,11(16,17)18)20(8(21)19-7)4-9(13,14)15;1-11(2,3)10(14)13-9-6-4-8(12)5-7-9;9-4-1-2-6(13)5(3-4)7(14)8(10,11)12;1-2-9-3(8)4(5,6)7;1-3-4-2;3-2(4,5)1-6;;/h1-8H,9H2,(H,25,27);4-6H,1-3H3,(H,18,20);1-3,22H,4H2,(H,19,21);4-7H,1-3H3,(H,13,14);1-3H,13H2;2H2,1H3;1,3-4H2,2H3;1,6H2;1H;/q;;;;;;-1;;;+1. The Morgan fingerprint density at radius 1 is 0.500 bits per heavy atom. The van der Waals surface area contributed by atoms with E-state index in [9.17, 15) is 144 Å². The number of aliphatic hydroxyl groups is 1. The molecule has 8 rings (SSSR count). The summed E-state index contributed by atoms with van der Waals surface area (Å²) in [5.41, 5.74) is -3.12. The van der Waals surface area contributed by atoms with E-state index in [4.69, 9.17) is 63.7 Å². The van der Waals surface area contributed by atoms with Gasteiger partial charge in [-0.15, -0.1) is 12.4 Å². The first-order valence-electron chi connectivity index (χ1n) is 32.0. The van der Waals surface area contributed by atoms with E-state index in [-0.39, 0.29) is 91.2 Å². The fraction of sp³-hybridized carbons (Fsp3) is 0.371. The van der Waals surface area contributed by atoms with E-state index in [1.807, 2.05) is 26.1 Å². The predicted octanol–water partition coefficient (Wildman–Crippen LogP) is 19.7. The Morgan fingerprint density at radius 2 is 0.864 bits per heavy atom. The number of rotatable bonds is 9. The molecule has 6 aromatic carbocycles. The molecule has 0 saturated heterocycles. The van der Waals surface area contributed by atoms with Gasteiger partial charge in [0, 0.05) is 64.1 Å². The van der Waals surface area contributed by atoms with Crippen LogP contribution in [0.5, 0.6) is 0 Å². The van der Waals surface area contributed by atoms with Crippen molar-refractivity contribution >= 4 is 140 Å². The van der Waals surface area contributed by atoms with Crippen LogP contribution in [0.1, 0.15) is 106 Å². The molecule has 654 valence electrons. The van der Waals surface area contributed by atoms with Crippen LogP contribution >= 0.6 is 70.4 Å². The van der Waals surface area contributed by atoms with E-state index in [0.29, 0.717) is 11.1 Å². The second kappa shape index (κ2) is 45.0. The van der Waals surface area contributed by atoms with Gasteiger partial charge in [0.05, 0.1) is 35.7 Å². The number of alkyl halides is 24. The van der Waals surface area contributed by atoms with Crippen LogP contribution < -0.4 is 51.6 Å². The number of nitrogens with zero attached hydrogens (tertiary/aromatic N) is 2. The van der Waals surface area contributed by atoms with E-state index in [1.165, 1.54) is 55.8 Å². The molecule has 2 atom stereocenters. The monoisotopic (exact) mass is 1840 g/mol. The summed E-state index contributed by atoms with van der Waals surface area (Å²) < 4.78 is 302. The Balaban J connectivity index is 0. The van der Waals surface area contributed by atoms with E-state index in [0.717, 1.165) is 66.7 Å². The number of nitrogens with two attached hydrogens (primary N) is 2. The first-order chi connectivity index (χ1) is 52.4. The van der Waals surface area contributed by atoms with Crippen LogP contribution in [0.2, 0.25) is 25.1 Å². The number of carbonyl (C=O) groups excluding carboxylic acids is 7. The zero-order valence-electron chi connectivity index (χ0n) is 62.2. The number of esters is 1. The van der Waals surface area contributed by atoms with Crippen LogP contribution in [0.15, 0.2) is 127 Å². The first kappa shape index (κ1) is 112. The molecule has 2 aliphatic heterocycles. The summed E-state index contributed by atoms with van der Waals surface area (Å²) in [6.45, 7) is 11.6. The number of carbonyl (C=O) groups is 7. The van der Waals surface area contributed by atoms with Crippen molar-refractivity contribution in [3.8, 4) is 0 Å². The molecule has 0 radical (unpaired) electrons. The maximum atomic E-state index is 14.5. The normalized spacial score (nSPS) is 15.3. The maximum absolute atomic E-state index is 14.5. The molecule has 0 fully saturated rings. The minimum Gasteiger partial charge on any atom is -0.459 e. The Bertz CT molecular complexity index is 4320. The molecule has 2 heterocycles. The molecule has 9 N–H and O–H groups in total. The molecule has 6 aromatic rings. The van der Waals surface area contributed by atoms with Gasteiger partial charge in [-0.25, -0.2) is 14.4 Å². The topological polar surface area (TPSA) is 256 Å². The smallest absolute Gasteiger partial charge is 0.459 e. The second-order valence-corrected chi connectivity index (χ2v) is 27.5. The van der Waals surface area contributed by atoms with Crippen LogP contribution in [0, 0.1) is 17.8 Å². The number of fused-ring (bicyclic) bond motifs is 2. The van der Waals surface area contributed by atoms with Gasteiger partial charge in [0.15, 0.2) is 5.54 Å². The van der Waals surface area contributed by atoms with Gasteiger partial charge >= 0.3 is 86.3 Å². The van der Waals surface area contributed by atoms with Gasteiger partial charge in [0.1, 0.15) is 13.1 Å². The number of benzene rings is 6. The summed E-state index contributed by atoms with van der Waals surface area (Å²) in [7, 11) is 0. The van der Waals surface area contributed by atoms with Crippen molar-refractivity contribution < 1.29 is 168 Å². The van der Waals surface area contributed by atoms with Crippen LogP contribution in [-0.4, -0.2) is 132 Å². The SMILES string of the molecule is CC(C)(C)C(=O)Nc1ccc(Cl)cc1.CC(C)(C)C(=O)Nc1ccc(Cl)cc1C(=O)C(F)(F)F.CCOC(=O)C(F)(F)F.Cl.NCC(F)(F)F.Nc1ccc(Cl)cc1C(=O)C(F)(F)F.O=C1Nc2ccc(Cl)cc2C(O)(C(F)(F)F)N1CC(F)(F)F.O=C1Nc2ccc(Cl)cc2C(c2ccccc2)(C(F)(F)F)N1CC(F)(F)F.[CH2-]CCC.[Li+]. The molecule has 17 nitrogen and oxygen atoms in total. The molecule has 118 heavy (non-hydrogen) atoms. The minimum atomic E-state index is -5.57. The van der Waals surface area contributed by atoms with Crippen molar-refractivity contribution in [2.75, 3.05) is 53.2 Å². The summed E-state index contributed by atoms with van der Waals surface area (Å²) in [5, 5.41) is 19.3. The number of nitrogen functional groups attached to an aromatic ring is 1. The van der Waals surface area contributed by atoms with Gasteiger partial charge in [0.2, 0.25) is 11.8 Å². The number of halogens is 30. The van der Waals surface area contributed by atoms with Gasteiger partial charge in [-0.3, -0.25) is 29.0 Å². The number of anilines is 5. The van der Waals surface area contributed by atoms with Crippen molar-refractivity contribution in [2.45, 2.75) is 129 Å². The van der Waals surface area contributed by atoms with Crippen molar-refractivity contribution in [3.05, 3.63) is 187 Å². The number of amides is 6. The molecular formula is C70H69Cl6F24LiN8O9. The fourth-order valence-corrected chi connectivity index (χ4v) is 9.33. The van der Waals surface area contributed by atoms with E-state index < -0.39 is 160 Å². The van der Waals surface area contributed by atoms with Crippen LogP contribution in [0.25, 0.3) is 0 Å². The Labute approximate surface area is 700 Å². The average Bonchev–Trinajstić information content (AvgIpc) is 0.708. The Hall–Kier alpha value is -8.01. The summed E-state index contributed by atoms with van der Waals surface area (Å²) in [6, 6.07) is 22.5.